The molecule has 0 aliphatic carbocycles. The minimum Gasteiger partial charge on any atom is -0.388 e. The van der Waals surface area contributed by atoms with Crippen molar-refractivity contribution in [2.45, 2.75) is 77.4 Å². The fourth-order valence-electron chi connectivity index (χ4n) is 1.81. The average molecular weight is 282 g/mol. The van der Waals surface area contributed by atoms with Crippen LogP contribution in [0.2, 0.25) is 0 Å². The Balaban J connectivity index is 4.00. The molecule has 0 radical (unpaired) electrons. The SMILES string of the molecule is CCCCCCCCC(OP(=O)(O)O)C(C)(C)O. The van der Waals surface area contributed by atoms with Crippen LogP contribution in [-0.2, 0) is 9.09 Å². The zero-order valence-electron chi connectivity index (χ0n) is 11.6. The Morgan fingerprint density at radius 3 is 2.06 bits per heavy atom. The van der Waals surface area contributed by atoms with Crippen molar-refractivity contribution < 1.29 is 24.0 Å². The Hall–Kier alpha value is 0.0700. The summed E-state index contributed by atoms with van der Waals surface area (Å²) in [6, 6.07) is 0. The van der Waals surface area contributed by atoms with Gasteiger partial charge in [-0.05, 0) is 20.3 Å². The lowest BCUT2D eigenvalue weighted by atomic mass is 9.96. The Labute approximate surface area is 110 Å². The summed E-state index contributed by atoms with van der Waals surface area (Å²) >= 11 is 0. The summed E-state index contributed by atoms with van der Waals surface area (Å²) in [5, 5.41) is 9.81. The van der Waals surface area contributed by atoms with Crippen molar-refractivity contribution in [3.05, 3.63) is 0 Å². The van der Waals surface area contributed by atoms with Gasteiger partial charge in [-0.1, -0.05) is 45.4 Å². The number of hydrogen-bond acceptors (Lipinski definition) is 3. The second-order valence-corrected chi connectivity index (χ2v) is 6.49. The minimum absolute atomic E-state index is 0.459. The lowest BCUT2D eigenvalue weighted by Crippen LogP contribution is -2.37. The summed E-state index contributed by atoms with van der Waals surface area (Å²) < 4.78 is 15.5. The molecule has 0 aromatic heterocycles. The van der Waals surface area contributed by atoms with E-state index in [1.54, 1.807) is 0 Å². The predicted octanol–water partition coefficient (Wildman–Crippen LogP) is 2.99. The molecule has 1 unspecified atom stereocenters. The third-order valence-corrected chi connectivity index (χ3v) is 3.40. The molecule has 0 saturated heterocycles. The molecule has 0 spiro atoms. The number of phosphoric ester groups is 1. The van der Waals surface area contributed by atoms with Gasteiger partial charge in [-0.3, -0.25) is 4.52 Å². The maximum absolute atomic E-state index is 10.8. The van der Waals surface area contributed by atoms with Crippen molar-refractivity contribution in [3.8, 4) is 0 Å². The van der Waals surface area contributed by atoms with Crippen molar-refractivity contribution in [3.63, 3.8) is 0 Å². The predicted molar refractivity (Wildman–Crippen MR) is 71.2 cm³/mol. The van der Waals surface area contributed by atoms with Gasteiger partial charge >= 0.3 is 7.82 Å². The van der Waals surface area contributed by atoms with Gasteiger partial charge in [-0.2, -0.15) is 0 Å². The van der Waals surface area contributed by atoms with Crippen LogP contribution in [0.1, 0.15) is 65.7 Å². The molecule has 0 bridgehead atoms. The van der Waals surface area contributed by atoms with E-state index in [2.05, 4.69) is 11.4 Å². The van der Waals surface area contributed by atoms with Gasteiger partial charge < -0.3 is 14.9 Å². The molecule has 0 rings (SSSR count). The van der Waals surface area contributed by atoms with Crippen molar-refractivity contribution in [2.75, 3.05) is 0 Å². The van der Waals surface area contributed by atoms with E-state index in [9.17, 15) is 9.67 Å². The van der Waals surface area contributed by atoms with Gasteiger partial charge in [0.05, 0.1) is 11.7 Å². The topological polar surface area (TPSA) is 87.0 Å². The van der Waals surface area contributed by atoms with E-state index >= 15 is 0 Å². The highest BCUT2D eigenvalue weighted by molar-refractivity contribution is 7.46. The molecule has 0 aliphatic heterocycles. The number of rotatable bonds is 10. The zero-order valence-corrected chi connectivity index (χ0v) is 12.5. The van der Waals surface area contributed by atoms with Crippen LogP contribution in [0.4, 0.5) is 0 Å². The van der Waals surface area contributed by atoms with Crippen LogP contribution in [0, 0.1) is 0 Å². The first-order valence-corrected chi connectivity index (χ1v) is 8.16. The molecule has 5 nitrogen and oxygen atoms in total. The van der Waals surface area contributed by atoms with Gasteiger partial charge in [0.1, 0.15) is 0 Å². The molecule has 0 aliphatic rings. The maximum atomic E-state index is 10.8. The lowest BCUT2D eigenvalue weighted by Gasteiger charge is -2.29. The maximum Gasteiger partial charge on any atom is 0.469 e. The Kier molecular flexibility index (Phi) is 8.31. The molecule has 0 fully saturated rings. The molecule has 0 aromatic rings. The first-order chi connectivity index (χ1) is 8.17. The molecule has 0 heterocycles. The third-order valence-electron chi connectivity index (χ3n) is 2.87. The summed E-state index contributed by atoms with van der Waals surface area (Å²) in [4.78, 5) is 17.6. The summed E-state index contributed by atoms with van der Waals surface area (Å²) in [5.41, 5.74) is -1.25. The molecule has 0 aromatic carbocycles. The standard InChI is InChI=1S/C12H27O5P/c1-4-5-6-7-8-9-10-11(12(2,3)13)17-18(14,15)16/h11,13H,4-10H2,1-3H3,(H2,14,15,16). The number of phosphoric acid groups is 1. The highest BCUT2D eigenvalue weighted by atomic mass is 31.2. The Morgan fingerprint density at radius 2 is 1.61 bits per heavy atom. The highest BCUT2D eigenvalue weighted by Crippen LogP contribution is 2.41. The molecule has 0 amide bonds. The zero-order chi connectivity index (χ0) is 14.2. The van der Waals surface area contributed by atoms with Crippen LogP contribution in [0.3, 0.4) is 0 Å². The Morgan fingerprint density at radius 1 is 1.11 bits per heavy atom. The van der Waals surface area contributed by atoms with Crippen LogP contribution in [0.5, 0.6) is 0 Å². The van der Waals surface area contributed by atoms with Crippen molar-refractivity contribution in [1.29, 1.82) is 0 Å². The van der Waals surface area contributed by atoms with Crippen LogP contribution in [0.25, 0.3) is 0 Å². The molecule has 3 N–H and O–H groups in total. The van der Waals surface area contributed by atoms with Crippen molar-refractivity contribution in [2.24, 2.45) is 0 Å². The van der Waals surface area contributed by atoms with Gasteiger partial charge in [0.15, 0.2) is 0 Å². The molecule has 6 heteroatoms. The summed E-state index contributed by atoms with van der Waals surface area (Å²) in [6.45, 7) is 5.16. The quantitative estimate of drug-likeness (QED) is 0.423. The van der Waals surface area contributed by atoms with Crippen LogP contribution < -0.4 is 0 Å². The smallest absolute Gasteiger partial charge is 0.388 e. The van der Waals surface area contributed by atoms with Crippen LogP contribution >= 0.6 is 7.82 Å². The number of hydrogen-bond donors (Lipinski definition) is 3. The highest BCUT2D eigenvalue weighted by Gasteiger charge is 2.33. The molecule has 1 atom stereocenters. The lowest BCUT2D eigenvalue weighted by molar-refractivity contribution is -0.0497. The normalized spacial score (nSPS) is 14.8. The number of unbranched alkanes of at least 4 members (excludes halogenated alkanes) is 5. The molecular weight excluding hydrogens is 255 g/mol. The Bertz CT molecular complexity index is 256. The largest absolute Gasteiger partial charge is 0.469 e. The van der Waals surface area contributed by atoms with Gasteiger partial charge in [-0.15, -0.1) is 0 Å². The summed E-state index contributed by atoms with van der Waals surface area (Å²) in [6.07, 6.45) is 6.13. The fraction of sp³-hybridized carbons (Fsp3) is 1.00. The van der Waals surface area contributed by atoms with Gasteiger partial charge in [0.2, 0.25) is 0 Å². The van der Waals surface area contributed by atoms with Crippen LogP contribution in [0.15, 0.2) is 0 Å². The third kappa shape index (κ3) is 10.0. The van der Waals surface area contributed by atoms with E-state index < -0.39 is 19.5 Å². The van der Waals surface area contributed by atoms with E-state index in [1.165, 1.54) is 33.1 Å². The summed E-state index contributed by atoms with van der Waals surface area (Å²) in [5.74, 6) is 0. The second kappa shape index (κ2) is 8.28. The molecule has 0 saturated carbocycles. The summed E-state index contributed by atoms with van der Waals surface area (Å²) in [7, 11) is -4.54. The minimum atomic E-state index is -4.54. The van der Waals surface area contributed by atoms with Gasteiger partial charge in [0, 0.05) is 0 Å². The van der Waals surface area contributed by atoms with E-state index in [-0.39, 0.29) is 0 Å². The van der Waals surface area contributed by atoms with Crippen LogP contribution in [-0.4, -0.2) is 26.6 Å². The fourth-order valence-corrected chi connectivity index (χ4v) is 2.51. The average Bonchev–Trinajstić information content (AvgIpc) is 2.18. The monoisotopic (exact) mass is 282 g/mol. The molecule has 18 heavy (non-hydrogen) atoms. The van der Waals surface area contributed by atoms with E-state index in [1.807, 2.05) is 0 Å². The van der Waals surface area contributed by atoms with E-state index in [4.69, 9.17) is 9.79 Å². The van der Waals surface area contributed by atoms with Crippen molar-refractivity contribution >= 4 is 7.82 Å². The number of aliphatic hydroxyl groups is 1. The van der Waals surface area contributed by atoms with Gasteiger partial charge in [0.25, 0.3) is 0 Å². The van der Waals surface area contributed by atoms with Gasteiger partial charge in [-0.25, -0.2) is 4.57 Å². The first kappa shape index (κ1) is 18.1. The van der Waals surface area contributed by atoms with Crippen molar-refractivity contribution in [1.82, 2.24) is 0 Å². The van der Waals surface area contributed by atoms with E-state index in [0.29, 0.717) is 6.42 Å². The second-order valence-electron chi connectivity index (χ2n) is 5.29. The molecular formula is C12H27O5P. The molecule has 110 valence electrons. The van der Waals surface area contributed by atoms with E-state index in [0.717, 1.165) is 19.3 Å². The first-order valence-electron chi connectivity index (χ1n) is 6.63.